The van der Waals surface area contributed by atoms with Gasteiger partial charge in [-0.05, 0) is 30.7 Å². The van der Waals surface area contributed by atoms with Crippen LogP contribution < -0.4 is 5.32 Å². The Labute approximate surface area is 107 Å². The van der Waals surface area contributed by atoms with Crippen LogP contribution in [0.5, 0.6) is 0 Å². The van der Waals surface area contributed by atoms with Gasteiger partial charge in [-0.15, -0.1) is 0 Å². The van der Waals surface area contributed by atoms with Crippen LogP contribution in [0.25, 0.3) is 0 Å². The molecule has 1 aliphatic heterocycles. The molecule has 0 amide bonds. The summed E-state index contributed by atoms with van der Waals surface area (Å²) >= 11 is 0. The van der Waals surface area contributed by atoms with Crippen molar-refractivity contribution in [2.75, 3.05) is 31.5 Å². The first-order chi connectivity index (χ1) is 8.55. The lowest BCUT2D eigenvalue weighted by molar-refractivity contribution is -0.133. The van der Waals surface area contributed by atoms with Crippen LogP contribution in [0.15, 0.2) is 29.2 Å². The van der Waals surface area contributed by atoms with Crippen LogP contribution in [-0.4, -0.2) is 40.7 Å². The van der Waals surface area contributed by atoms with E-state index in [0.29, 0.717) is 18.2 Å². The fraction of sp³-hybridized carbons (Fsp3) is 0.500. The van der Waals surface area contributed by atoms with Crippen LogP contribution in [0.2, 0.25) is 0 Å². The average Bonchev–Trinajstić information content (AvgIpc) is 2.37. The van der Waals surface area contributed by atoms with Gasteiger partial charge in [-0.1, -0.05) is 0 Å². The first-order valence-corrected chi connectivity index (χ1v) is 7.68. The number of ether oxygens (including phenoxy) is 2. The second kappa shape index (κ2) is 5.69. The number of anilines is 1. The van der Waals surface area contributed by atoms with E-state index in [-0.39, 0.29) is 6.10 Å². The van der Waals surface area contributed by atoms with Gasteiger partial charge in [0.05, 0.1) is 17.6 Å². The Morgan fingerprint density at radius 3 is 2.61 bits per heavy atom. The van der Waals surface area contributed by atoms with E-state index in [1.807, 2.05) is 0 Å². The van der Waals surface area contributed by atoms with Crippen LogP contribution in [0.3, 0.4) is 0 Å². The lowest BCUT2D eigenvalue weighted by Gasteiger charge is -2.23. The van der Waals surface area contributed by atoms with Crippen molar-refractivity contribution in [2.45, 2.75) is 17.4 Å². The fourth-order valence-electron chi connectivity index (χ4n) is 1.71. The topological polar surface area (TPSA) is 64.6 Å². The normalized spacial score (nSPS) is 20.6. The summed E-state index contributed by atoms with van der Waals surface area (Å²) < 4.78 is 33.1. The predicted octanol–water partition coefficient (Wildman–Crippen LogP) is 1.27. The molecule has 1 aromatic carbocycles. The van der Waals surface area contributed by atoms with Crippen molar-refractivity contribution in [3.05, 3.63) is 24.3 Å². The molecule has 5 nitrogen and oxygen atoms in total. The number of hydrogen-bond donors (Lipinski definition) is 1. The van der Waals surface area contributed by atoms with Crippen molar-refractivity contribution >= 4 is 15.5 Å². The molecule has 1 fully saturated rings. The van der Waals surface area contributed by atoms with Gasteiger partial charge in [0.1, 0.15) is 6.79 Å². The SMILES string of the molecule is CS(=O)(=O)c1ccc(NCC2CCOCO2)cc1. The van der Waals surface area contributed by atoms with Crippen LogP contribution in [0.1, 0.15) is 6.42 Å². The van der Waals surface area contributed by atoms with Gasteiger partial charge in [-0.25, -0.2) is 8.42 Å². The molecule has 1 atom stereocenters. The Hall–Kier alpha value is -1.11. The van der Waals surface area contributed by atoms with Crippen LogP contribution in [0, 0.1) is 0 Å². The predicted molar refractivity (Wildman–Crippen MR) is 68.4 cm³/mol. The van der Waals surface area contributed by atoms with Gasteiger partial charge in [0.25, 0.3) is 0 Å². The molecule has 0 radical (unpaired) electrons. The van der Waals surface area contributed by atoms with Crippen LogP contribution in [0.4, 0.5) is 5.69 Å². The van der Waals surface area contributed by atoms with Crippen molar-refractivity contribution < 1.29 is 17.9 Å². The Morgan fingerprint density at radius 1 is 1.33 bits per heavy atom. The first-order valence-electron chi connectivity index (χ1n) is 5.79. The monoisotopic (exact) mass is 271 g/mol. The molecule has 0 saturated carbocycles. The third-order valence-corrected chi connectivity index (χ3v) is 3.92. The van der Waals surface area contributed by atoms with Crippen molar-refractivity contribution in [2.24, 2.45) is 0 Å². The van der Waals surface area contributed by atoms with E-state index in [4.69, 9.17) is 9.47 Å². The summed E-state index contributed by atoms with van der Waals surface area (Å²) in [5.74, 6) is 0. The highest BCUT2D eigenvalue weighted by Gasteiger charge is 2.13. The largest absolute Gasteiger partial charge is 0.382 e. The summed E-state index contributed by atoms with van der Waals surface area (Å²) in [7, 11) is -3.12. The molecular weight excluding hydrogens is 254 g/mol. The van der Waals surface area contributed by atoms with Gasteiger partial charge in [0.15, 0.2) is 9.84 Å². The van der Waals surface area contributed by atoms with E-state index in [9.17, 15) is 8.42 Å². The van der Waals surface area contributed by atoms with E-state index in [0.717, 1.165) is 18.7 Å². The van der Waals surface area contributed by atoms with Gasteiger partial charge < -0.3 is 14.8 Å². The number of rotatable bonds is 4. The molecule has 0 spiro atoms. The Bertz CT molecular complexity index is 477. The quantitative estimate of drug-likeness (QED) is 0.893. The second-order valence-corrected chi connectivity index (χ2v) is 6.30. The number of sulfone groups is 1. The van der Waals surface area contributed by atoms with Gasteiger partial charge >= 0.3 is 0 Å². The molecule has 0 bridgehead atoms. The number of nitrogens with one attached hydrogen (secondary N) is 1. The summed E-state index contributed by atoms with van der Waals surface area (Å²) in [6.07, 6.45) is 2.22. The smallest absolute Gasteiger partial charge is 0.175 e. The van der Waals surface area contributed by atoms with Gasteiger partial charge in [-0.3, -0.25) is 0 Å². The third kappa shape index (κ3) is 3.69. The maximum absolute atomic E-state index is 11.3. The summed E-state index contributed by atoms with van der Waals surface area (Å²) in [4.78, 5) is 0.329. The lowest BCUT2D eigenvalue weighted by Crippen LogP contribution is -2.30. The Balaban J connectivity index is 1.90. The third-order valence-electron chi connectivity index (χ3n) is 2.79. The van der Waals surface area contributed by atoms with Crippen molar-refractivity contribution in [3.63, 3.8) is 0 Å². The van der Waals surface area contributed by atoms with E-state index in [2.05, 4.69) is 5.32 Å². The lowest BCUT2D eigenvalue weighted by atomic mass is 10.2. The highest BCUT2D eigenvalue weighted by Crippen LogP contribution is 2.14. The van der Waals surface area contributed by atoms with E-state index >= 15 is 0 Å². The van der Waals surface area contributed by atoms with Crippen LogP contribution >= 0.6 is 0 Å². The van der Waals surface area contributed by atoms with Gasteiger partial charge in [0.2, 0.25) is 0 Å². The van der Waals surface area contributed by atoms with Gasteiger partial charge in [0, 0.05) is 18.5 Å². The zero-order valence-corrected chi connectivity index (χ0v) is 11.1. The average molecular weight is 271 g/mol. The minimum Gasteiger partial charge on any atom is -0.382 e. The minimum absolute atomic E-state index is 0.147. The number of benzene rings is 1. The molecule has 6 heteroatoms. The molecule has 1 heterocycles. The molecule has 1 unspecified atom stereocenters. The summed E-state index contributed by atoms with van der Waals surface area (Å²) in [5, 5.41) is 3.22. The first kappa shape index (κ1) is 13.3. The summed E-state index contributed by atoms with van der Waals surface area (Å²) in [6, 6.07) is 6.72. The Morgan fingerprint density at radius 2 is 2.06 bits per heavy atom. The number of hydrogen-bond acceptors (Lipinski definition) is 5. The zero-order chi connectivity index (χ0) is 13.0. The maximum Gasteiger partial charge on any atom is 0.175 e. The minimum atomic E-state index is -3.12. The van der Waals surface area contributed by atoms with Crippen molar-refractivity contribution in [3.8, 4) is 0 Å². The highest BCUT2D eigenvalue weighted by molar-refractivity contribution is 7.90. The van der Waals surface area contributed by atoms with Crippen molar-refractivity contribution in [1.29, 1.82) is 0 Å². The standard InChI is InChI=1S/C12H17NO4S/c1-18(14,15)12-4-2-10(3-5-12)13-8-11-6-7-16-9-17-11/h2-5,11,13H,6-9H2,1H3. The Kier molecular flexibility index (Phi) is 4.21. The molecule has 1 aromatic rings. The molecule has 18 heavy (non-hydrogen) atoms. The molecule has 0 aromatic heterocycles. The zero-order valence-electron chi connectivity index (χ0n) is 10.3. The van der Waals surface area contributed by atoms with Crippen LogP contribution in [-0.2, 0) is 19.3 Å². The molecule has 1 saturated heterocycles. The summed E-state index contributed by atoms with van der Waals surface area (Å²) in [5.41, 5.74) is 0.887. The van der Waals surface area contributed by atoms with E-state index in [1.165, 1.54) is 6.26 Å². The second-order valence-electron chi connectivity index (χ2n) is 4.28. The fourth-order valence-corrected chi connectivity index (χ4v) is 2.34. The molecular formula is C12H17NO4S. The summed E-state index contributed by atoms with van der Waals surface area (Å²) in [6.45, 7) is 1.76. The molecule has 1 aliphatic rings. The molecule has 2 rings (SSSR count). The molecule has 0 aliphatic carbocycles. The van der Waals surface area contributed by atoms with Gasteiger partial charge in [-0.2, -0.15) is 0 Å². The molecule has 100 valence electrons. The maximum atomic E-state index is 11.3. The van der Waals surface area contributed by atoms with Crippen molar-refractivity contribution in [1.82, 2.24) is 0 Å². The van der Waals surface area contributed by atoms with E-state index < -0.39 is 9.84 Å². The van der Waals surface area contributed by atoms with E-state index in [1.54, 1.807) is 24.3 Å². The highest BCUT2D eigenvalue weighted by atomic mass is 32.2. The molecule has 1 N–H and O–H groups in total.